The number of hydrogen-bond donors (Lipinski definition) is 1. The maximum Gasteiger partial charge on any atom is 0.306 e. The number of nitriles is 1. The van der Waals surface area contributed by atoms with Gasteiger partial charge in [0.1, 0.15) is 6.07 Å². The van der Waals surface area contributed by atoms with Crippen LogP contribution in [-0.2, 0) is 0 Å². The van der Waals surface area contributed by atoms with Crippen molar-refractivity contribution in [2.45, 2.75) is 6.42 Å². The SMILES string of the molecule is N#Cc1ncc(C#CCCS)cc1[N+](=O)[O-]. The molecule has 0 N–H and O–H groups in total. The van der Waals surface area contributed by atoms with E-state index in [0.29, 0.717) is 17.7 Å². The molecule has 1 aromatic heterocycles. The van der Waals surface area contributed by atoms with Gasteiger partial charge in [-0.05, 0) is 0 Å². The van der Waals surface area contributed by atoms with Crippen molar-refractivity contribution in [1.29, 1.82) is 5.26 Å². The van der Waals surface area contributed by atoms with E-state index in [0.717, 1.165) is 0 Å². The Kier molecular flexibility index (Phi) is 4.31. The number of nitro groups is 1. The fourth-order valence-electron chi connectivity index (χ4n) is 0.967. The van der Waals surface area contributed by atoms with Crippen LogP contribution in [0.2, 0.25) is 0 Å². The molecule has 0 aliphatic rings. The van der Waals surface area contributed by atoms with Crippen molar-refractivity contribution in [3.05, 3.63) is 33.6 Å². The van der Waals surface area contributed by atoms with Crippen LogP contribution in [0.1, 0.15) is 17.7 Å². The Labute approximate surface area is 97.7 Å². The van der Waals surface area contributed by atoms with E-state index < -0.39 is 4.92 Å². The standard InChI is InChI=1S/C10H7N3O2S/c11-6-9-10(13(14)15)5-8(7-12-9)3-1-2-4-16/h5,7,16H,2,4H2. The molecule has 6 heteroatoms. The molecule has 0 aliphatic carbocycles. The third kappa shape index (κ3) is 2.97. The highest BCUT2D eigenvalue weighted by Crippen LogP contribution is 2.16. The van der Waals surface area contributed by atoms with E-state index in [9.17, 15) is 10.1 Å². The molecule has 0 amide bonds. The number of rotatable bonds is 2. The molecule has 1 aromatic rings. The highest BCUT2D eigenvalue weighted by Gasteiger charge is 2.14. The molecule has 0 aromatic carbocycles. The smallest absolute Gasteiger partial charge is 0.258 e. The van der Waals surface area contributed by atoms with Gasteiger partial charge in [0, 0.05) is 30.0 Å². The van der Waals surface area contributed by atoms with Crippen LogP contribution in [0.4, 0.5) is 5.69 Å². The largest absolute Gasteiger partial charge is 0.306 e. The van der Waals surface area contributed by atoms with E-state index in [1.165, 1.54) is 12.3 Å². The van der Waals surface area contributed by atoms with E-state index in [2.05, 4.69) is 29.5 Å². The fourth-order valence-corrected chi connectivity index (χ4v) is 1.08. The summed E-state index contributed by atoms with van der Waals surface area (Å²) >= 11 is 3.98. The molecule has 0 saturated carbocycles. The van der Waals surface area contributed by atoms with Crippen molar-refractivity contribution >= 4 is 18.3 Å². The second-order valence-electron chi connectivity index (χ2n) is 2.74. The highest BCUT2D eigenvalue weighted by atomic mass is 32.1. The predicted molar refractivity (Wildman–Crippen MR) is 61.0 cm³/mol. The van der Waals surface area contributed by atoms with Gasteiger partial charge in [0.2, 0.25) is 5.69 Å². The summed E-state index contributed by atoms with van der Waals surface area (Å²) in [7, 11) is 0. The summed E-state index contributed by atoms with van der Waals surface area (Å²) in [6.07, 6.45) is 1.94. The Bertz CT molecular complexity index is 511. The number of hydrogen-bond acceptors (Lipinski definition) is 5. The molecule has 0 unspecified atom stereocenters. The molecule has 0 radical (unpaired) electrons. The molecule has 0 saturated heterocycles. The summed E-state index contributed by atoms with van der Waals surface area (Å²) in [4.78, 5) is 13.6. The van der Waals surface area contributed by atoms with Crippen molar-refractivity contribution < 1.29 is 4.92 Å². The van der Waals surface area contributed by atoms with Crippen LogP contribution in [-0.4, -0.2) is 15.7 Å². The average molecular weight is 233 g/mol. The Morgan fingerprint density at radius 2 is 2.38 bits per heavy atom. The van der Waals surface area contributed by atoms with Gasteiger partial charge < -0.3 is 0 Å². The third-order valence-corrected chi connectivity index (χ3v) is 1.86. The number of pyridine rings is 1. The average Bonchev–Trinajstić information content (AvgIpc) is 2.29. The van der Waals surface area contributed by atoms with E-state index in [4.69, 9.17) is 5.26 Å². The molecular weight excluding hydrogens is 226 g/mol. The van der Waals surface area contributed by atoms with Crippen molar-refractivity contribution in [3.8, 4) is 17.9 Å². The topological polar surface area (TPSA) is 79.8 Å². The van der Waals surface area contributed by atoms with Crippen molar-refractivity contribution in [1.82, 2.24) is 4.98 Å². The first-order valence-corrected chi connectivity index (χ1v) is 4.96. The van der Waals surface area contributed by atoms with Gasteiger partial charge in [-0.3, -0.25) is 10.1 Å². The lowest BCUT2D eigenvalue weighted by Crippen LogP contribution is -1.95. The van der Waals surface area contributed by atoms with Gasteiger partial charge in [0.05, 0.1) is 4.92 Å². The second-order valence-corrected chi connectivity index (χ2v) is 3.18. The lowest BCUT2D eigenvalue weighted by molar-refractivity contribution is -0.385. The van der Waals surface area contributed by atoms with E-state index in [1.54, 1.807) is 6.07 Å². The zero-order valence-electron chi connectivity index (χ0n) is 8.17. The molecular formula is C10H7N3O2S. The second kappa shape index (κ2) is 5.74. The van der Waals surface area contributed by atoms with Crippen LogP contribution in [0.5, 0.6) is 0 Å². The quantitative estimate of drug-likeness (QED) is 0.363. The molecule has 5 nitrogen and oxygen atoms in total. The Balaban J connectivity index is 3.10. The van der Waals surface area contributed by atoms with Crippen LogP contribution in [0.3, 0.4) is 0 Å². The molecule has 16 heavy (non-hydrogen) atoms. The van der Waals surface area contributed by atoms with Gasteiger partial charge in [-0.1, -0.05) is 11.8 Å². The summed E-state index contributed by atoms with van der Waals surface area (Å²) in [5.41, 5.74) is -0.0996. The number of aromatic nitrogens is 1. The molecule has 0 aliphatic heterocycles. The molecule has 1 heterocycles. The molecule has 0 fully saturated rings. The first-order valence-electron chi connectivity index (χ1n) is 4.33. The Morgan fingerprint density at radius 3 is 2.94 bits per heavy atom. The zero-order valence-corrected chi connectivity index (χ0v) is 9.07. The Morgan fingerprint density at radius 1 is 1.62 bits per heavy atom. The maximum atomic E-state index is 10.6. The molecule has 1 rings (SSSR count). The molecule has 0 spiro atoms. The predicted octanol–water partition coefficient (Wildman–Crippen LogP) is 1.53. The normalized spacial score (nSPS) is 8.75. The van der Waals surface area contributed by atoms with Gasteiger partial charge in [0.25, 0.3) is 0 Å². The molecule has 0 bridgehead atoms. The third-order valence-electron chi connectivity index (χ3n) is 1.64. The fraction of sp³-hybridized carbons (Fsp3) is 0.200. The van der Waals surface area contributed by atoms with Gasteiger partial charge >= 0.3 is 5.69 Å². The monoisotopic (exact) mass is 233 g/mol. The van der Waals surface area contributed by atoms with Gasteiger partial charge in [-0.15, -0.1) is 0 Å². The van der Waals surface area contributed by atoms with Crippen molar-refractivity contribution in [2.75, 3.05) is 5.75 Å². The minimum Gasteiger partial charge on any atom is -0.258 e. The molecule has 0 atom stereocenters. The minimum absolute atomic E-state index is 0.204. The van der Waals surface area contributed by atoms with Crippen LogP contribution >= 0.6 is 12.6 Å². The van der Waals surface area contributed by atoms with Crippen LogP contribution in [0.25, 0.3) is 0 Å². The van der Waals surface area contributed by atoms with Crippen molar-refractivity contribution in [2.24, 2.45) is 0 Å². The number of nitrogens with zero attached hydrogens (tertiary/aromatic N) is 3. The van der Waals surface area contributed by atoms with E-state index in [1.807, 2.05) is 0 Å². The van der Waals surface area contributed by atoms with E-state index >= 15 is 0 Å². The minimum atomic E-state index is -0.644. The maximum absolute atomic E-state index is 10.6. The zero-order chi connectivity index (χ0) is 12.0. The summed E-state index contributed by atoms with van der Waals surface area (Å²) in [5.74, 6) is 6.12. The van der Waals surface area contributed by atoms with Gasteiger partial charge in [-0.2, -0.15) is 17.9 Å². The first kappa shape index (κ1) is 12.0. The summed E-state index contributed by atoms with van der Waals surface area (Å²) in [6.45, 7) is 0. The summed E-state index contributed by atoms with van der Waals surface area (Å²) in [5, 5.41) is 19.2. The summed E-state index contributed by atoms with van der Waals surface area (Å²) < 4.78 is 0. The molecule has 80 valence electrons. The first-order chi connectivity index (χ1) is 7.69. The summed E-state index contributed by atoms with van der Waals surface area (Å²) in [6, 6.07) is 2.91. The van der Waals surface area contributed by atoms with Crippen molar-refractivity contribution in [3.63, 3.8) is 0 Å². The van der Waals surface area contributed by atoms with Gasteiger partial charge in [0.15, 0.2) is 0 Å². The van der Waals surface area contributed by atoms with Crippen LogP contribution in [0, 0.1) is 33.3 Å². The highest BCUT2D eigenvalue weighted by molar-refractivity contribution is 7.80. The number of thiol groups is 1. The van der Waals surface area contributed by atoms with Crippen LogP contribution < -0.4 is 0 Å². The Hall–Kier alpha value is -2.05. The van der Waals surface area contributed by atoms with E-state index in [-0.39, 0.29) is 11.4 Å². The van der Waals surface area contributed by atoms with Crippen LogP contribution in [0.15, 0.2) is 12.3 Å². The van der Waals surface area contributed by atoms with Gasteiger partial charge in [-0.25, -0.2) is 4.98 Å². The lowest BCUT2D eigenvalue weighted by atomic mass is 10.2. The lowest BCUT2D eigenvalue weighted by Gasteiger charge is -1.94.